The minimum atomic E-state index is -1.35. The largest absolute Gasteiger partial charge is 0.481 e. The van der Waals surface area contributed by atoms with E-state index in [1.807, 2.05) is 36.6 Å². The Hall–Kier alpha value is -2.36. The van der Waals surface area contributed by atoms with Crippen molar-refractivity contribution in [3.05, 3.63) is 57.8 Å². The molecule has 1 heterocycles. The number of rotatable bonds is 12. The molecule has 0 amide bonds. The molecule has 1 unspecified atom stereocenters. The van der Waals surface area contributed by atoms with E-state index in [1.54, 1.807) is 18.7 Å². The fraction of sp³-hybridized carbons (Fsp3) is 0.450. The SMILES string of the molecule is CCn1c(C(CCSC)OCCO)nc(C(=O)O)c(OCc2ccccc2)c1=O. The quantitative estimate of drug-likeness (QED) is 0.536. The van der Waals surface area contributed by atoms with Gasteiger partial charge in [-0.3, -0.25) is 9.36 Å². The van der Waals surface area contributed by atoms with E-state index in [-0.39, 0.29) is 37.9 Å². The molecular formula is C20H26N2O6S. The van der Waals surface area contributed by atoms with Crippen molar-refractivity contribution in [2.24, 2.45) is 0 Å². The molecule has 2 N–H and O–H groups in total. The van der Waals surface area contributed by atoms with Crippen molar-refractivity contribution in [3.63, 3.8) is 0 Å². The molecule has 0 aliphatic rings. The molecule has 2 rings (SSSR count). The van der Waals surface area contributed by atoms with E-state index in [0.717, 1.165) is 11.3 Å². The summed E-state index contributed by atoms with van der Waals surface area (Å²) >= 11 is 1.60. The molecule has 1 aromatic carbocycles. The van der Waals surface area contributed by atoms with Crippen LogP contribution in [0.5, 0.6) is 5.75 Å². The van der Waals surface area contributed by atoms with Gasteiger partial charge in [0.05, 0.1) is 13.2 Å². The van der Waals surface area contributed by atoms with Crippen LogP contribution in [0.3, 0.4) is 0 Å². The highest BCUT2D eigenvalue weighted by Crippen LogP contribution is 2.24. The van der Waals surface area contributed by atoms with E-state index in [1.165, 1.54) is 4.57 Å². The lowest BCUT2D eigenvalue weighted by atomic mass is 10.2. The second-order valence-corrected chi connectivity index (χ2v) is 7.13. The Morgan fingerprint density at radius 2 is 2.03 bits per heavy atom. The Balaban J connectivity index is 2.47. The number of carboxylic acid groups (broad SMARTS) is 1. The van der Waals surface area contributed by atoms with Gasteiger partial charge in [0.25, 0.3) is 5.56 Å². The molecular weight excluding hydrogens is 396 g/mol. The first-order valence-corrected chi connectivity index (χ1v) is 10.7. The average Bonchev–Trinajstić information content (AvgIpc) is 2.73. The first-order valence-electron chi connectivity index (χ1n) is 9.29. The maximum absolute atomic E-state index is 13.0. The van der Waals surface area contributed by atoms with Gasteiger partial charge in [-0.25, -0.2) is 9.78 Å². The first kappa shape index (κ1) is 22.9. The second-order valence-electron chi connectivity index (χ2n) is 6.14. The number of aliphatic hydroxyl groups is 1. The summed E-state index contributed by atoms with van der Waals surface area (Å²) in [4.78, 5) is 29.1. The van der Waals surface area contributed by atoms with Crippen LogP contribution in [0.1, 0.15) is 41.3 Å². The summed E-state index contributed by atoms with van der Waals surface area (Å²) in [5, 5.41) is 18.7. The highest BCUT2D eigenvalue weighted by atomic mass is 32.2. The van der Waals surface area contributed by atoms with Crippen LogP contribution in [0.15, 0.2) is 35.1 Å². The van der Waals surface area contributed by atoms with E-state index in [0.29, 0.717) is 6.42 Å². The Morgan fingerprint density at radius 3 is 2.62 bits per heavy atom. The number of carbonyl (C=O) groups is 1. The number of nitrogens with zero attached hydrogens (tertiary/aromatic N) is 2. The summed E-state index contributed by atoms with van der Waals surface area (Å²) in [7, 11) is 0. The number of aromatic nitrogens is 2. The lowest BCUT2D eigenvalue weighted by molar-refractivity contribution is 0.0183. The smallest absolute Gasteiger partial charge is 0.358 e. The maximum atomic E-state index is 13.0. The van der Waals surface area contributed by atoms with Crippen LogP contribution in [0.25, 0.3) is 0 Å². The highest BCUT2D eigenvalue weighted by molar-refractivity contribution is 7.98. The van der Waals surface area contributed by atoms with Gasteiger partial charge in [0.2, 0.25) is 5.75 Å². The third-order valence-corrected chi connectivity index (χ3v) is 4.83. The van der Waals surface area contributed by atoms with Crippen molar-refractivity contribution < 1.29 is 24.5 Å². The van der Waals surface area contributed by atoms with Gasteiger partial charge in [-0.2, -0.15) is 11.8 Å². The van der Waals surface area contributed by atoms with Gasteiger partial charge >= 0.3 is 5.97 Å². The molecule has 0 saturated heterocycles. The summed E-state index contributed by atoms with van der Waals surface area (Å²) < 4.78 is 12.6. The van der Waals surface area contributed by atoms with Gasteiger partial charge in [-0.1, -0.05) is 30.3 Å². The lowest BCUT2D eigenvalue weighted by Crippen LogP contribution is -2.31. The zero-order chi connectivity index (χ0) is 21.2. The predicted octanol–water partition coefficient (Wildman–Crippen LogP) is 2.34. The zero-order valence-electron chi connectivity index (χ0n) is 16.5. The Morgan fingerprint density at radius 1 is 1.31 bits per heavy atom. The van der Waals surface area contributed by atoms with Crippen LogP contribution in [0, 0.1) is 0 Å². The molecule has 0 spiro atoms. The van der Waals surface area contributed by atoms with Gasteiger partial charge in [-0.05, 0) is 30.9 Å². The van der Waals surface area contributed by atoms with Crippen molar-refractivity contribution in [2.45, 2.75) is 32.6 Å². The number of benzene rings is 1. The maximum Gasteiger partial charge on any atom is 0.358 e. The first-order chi connectivity index (χ1) is 14.0. The molecule has 0 aliphatic carbocycles. The number of hydrogen-bond donors (Lipinski definition) is 2. The number of ether oxygens (including phenoxy) is 2. The number of thioether (sulfide) groups is 1. The van der Waals surface area contributed by atoms with Crippen molar-refractivity contribution >= 4 is 17.7 Å². The Labute approximate surface area is 173 Å². The normalized spacial score (nSPS) is 12.0. The fourth-order valence-electron chi connectivity index (χ4n) is 2.82. The van der Waals surface area contributed by atoms with Gasteiger partial charge in [-0.15, -0.1) is 0 Å². The highest BCUT2D eigenvalue weighted by Gasteiger charge is 2.26. The fourth-order valence-corrected chi connectivity index (χ4v) is 3.27. The summed E-state index contributed by atoms with van der Waals surface area (Å²) in [6.07, 6.45) is 1.85. The minimum Gasteiger partial charge on any atom is -0.481 e. The molecule has 0 saturated carbocycles. The average molecular weight is 423 g/mol. The van der Waals surface area contributed by atoms with Crippen LogP contribution in [-0.2, 0) is 17.9 Å². The van der Waals surface area contributed by atoms with Gasteiger partial charge in [0.1, 0.15) is 18.5 Å². The van der Waals surface area contributed by atoms with E-state index in [2.05, 4.69) is 4.98 Å². The topological polar surface area (TPSA) is 111 Å². The van der Waals surface area contributed by atoms with Crippen molar-refractivity contribution in [2.75, 3.05) is 25.2 Å². The van der Waals surface area contributed by atoms with E-state index >= 15 is 0 Å². The van der Waals surface area contributed by atoms with Crippen molar-refractivity contribution in [1.29, 1.82) is 0 Å². The zero-order valence-corrected chi connectivity index (χ0v) is 17.4. The van der Waals surface area contributed by atoms with Crippen molar-refractivity contribution in [3.8, 4) is 5.75 Å². The Kier molecular flexibility index (Phi) is 9.17. The standard InChI is InChI=1S/C20H26N2O6S/c1-3-22-18(15(9-12-29-2)27-11-10-23)21-16(20(25)26)17(19(22)24)28-13-14-7-5-4-6-8-14/h4-8,15,23H,3,9-13H2,1-2H3,(H,25,26). The summed E-state index contributed by atoms with van der Waals surface area (Å²) in [5.74, 6) is -0.688. The number of aromatic carboxylic acids is 1. The number of hydrogen-bond acceptors (Lipinski definition) is 7. The second kappa shape index (κ2) is 11.6. The molecule has 8 nitrogen and oxygen atoms in total. The van der Waals surface area contributed by atoms with Gasteiger partial charge in [0, 0.05) is 6.54 Å². The van der Waals surface area contributed by atoms with Crippen LogP contribution in [-0.4, -0.2) is 51.0 Å². The molecule has 0 bridgehead atoms. The lowest BCUT2D eigenvalue weighted by Gasteiger charge is -2.22. The third kappa shape index (κ3) is 6.06. The molecule has 1 aromatic heterocycles. The summed E-state index contributed by atoms with van der Waals surface area (Å²) in [6, 6.07) is 9.16. The van der Waals surface area contributed by atoms with E-state index in [9.17, 15) is 14.7 Å². The Bertz CT molecular complexity index is 848. The molecule has 0 radical (unpaired) electrons. The molecule has 0 aliphatic heterocycles. The molecule has 0 fully saturated rings. The summed E-state index contributed by atoms with van der Waals surface area (Å²) in [6.45, 7) is 1.98. The van der Waals surface area contributed by atoms with Crippen molar-refractivity contribution in [1.82, 2.24) is 9.55 Å². The van der Waals surface area contributed by atoms with E-state index < -0.39 is 23.3 Å². The van der Waals surface area contributed by atoms with Crippen LogP contribution < -0.4 is 10.3 Å². The molecule has 9 heteroatoms. The number of aliphatic hydroxyl groups excluding tert-OH is 1. The molecule has 158 valence electrons. The molecule has 1 atom stereocenters. The van der Waals surface area contributed by atoms with Crippen LogP contribution in [0.2, 0.25) is 0 Å². The van der Waals surface area contributed by atoms with Gasteiger partial charge < -0.3 is 19.7 Å². The molecule has 29 heavy (non-hydrogen) atoms. The van der Waals surface area contributed by atoms with Crippen LogP contribution >= 0.6 is 11.8 Å². The van der Waals surface area contributed by atoms with Gasteiger partial charge in [0.15, 0.2) is 5.69 Å². The third-order valence-electron chi connectivity index (χ3n) is 4.18. The molecule has 2 aromatic rings. The van der Waals surface area contributed by atoms with E-state index in [4.69, 9.17) is 14.6 Å². The summed E-state index contributed by atoms with van der Waals surface area (Å²) in [5.41, 5.74) is -0.195. The monoisotopic (exact) mass is 422 g/mol. The van der Waals surface area contributed by atoms with Crippen LogP contribution in [0.4, 0.5) is 0 Å². The minimum absolute atomic E-state index is 0.0536. The predicted molar refractivity (Wildman–Crippen MR) is 111 cm³/mol. The number of carboxylic acids is 1.